The molecule has 0 aliphatic rings. The van der Waals surface area contributed by atoms with Crippen LogP contribution in [0.4, 0.5) is 39.5 Å². The number of hydrogen-bond acceptors (Lipinski definition) is 5. The van der Waals surface area contributed by atoms with Crippen molar-refractivity contribution in [1.29, 1.82) is 0 Å². The highest BCUT2D eigenvalue weighted by Gasteiger charge is 2.31. The quantitative estimate of drug-likeness (QED) is 0.380. The number of methoxy groups -OCH3 is 1. The Morgan fingerprint density at radius 3 is 2.52 bits per heavy atom. The number of rotatable bonds is 4. The molecule has 170 valence electrons. The van der Waals surface area contributed by atoms with Gasteiger partial charge in [-0.3, -0.25) is 0 Å². The van der Waals surface area contributed by atoms with Crippen molar-refractivity contribution in [3.63, 3.8) is 0 Å². The molecule has 4 N–H and O–H groups in total. The summed E-state index contributed by atoms with van der Waals surface area (Å²) in [6, 6.07) is 7.29. The van der Waals surface area contributed by atoms with E-state index in [2.05, 4.69) is 20.7 Å². The maximum Gasteiger partial charge on any atom is 0.416 e. The number of anilines is 3. The predicted octanol–water partition coefficient (Wildman–Crippen LogP) is 4.79. The number of benzene rings is 2. The first-order chi connectivity index (χ1) is 15.7. The van der Waals surface area contributed by atoms with Crippen molar-refractivity contribution in [3.05, 3.63) is 66.4 Å². The van der Waals surface area contributed by atoms with Crippen molar-refractivity contribution in [2.45, 2.75) is 6.18 Å². The van der Waals surface area contributed by atoms with Crippen molar-refractivity contribution in [1.82, 2.24) is 14.6 Å². The van der Waals surface area contributed by atoms with Gasteiger partial charge in [-0.15, -0.1) is 0 Å². The third-order valence-corrected chi connectivity index (χ3v) is 4.76. The van der Waals surface area contributed by atoms with Crippen molar-refractivity contribution in [3.8, 4) is 16.9 Å². The van der Waals surface area contributed by atoms with Crippen molar-refractivity contribution < 1.29 is 27.1 Å². The zero-order valence-corrected chi connectivity index (χ0v) is 16.9. The van der Waals surface area contributed by atoms with Crippen LogP contribution in [-0.2, 0) is 6.18 Å². The van der Waals surface area contributed by atoms with Crippen molar-refractivity contribution in [2.75, 3.05) is 23.5 Å². The van der Waals surface area contributed by atoms with E-state index in [-0.39, 0.29) is 5.82 Å². The average molecular weight is 460 g/mol. The zero-order valence-electron chi connectivity index (χ0n) is 16.9. The van der Waals surface area contributed by atoms with E-state index in [1.54, 1.807) is 30.5 Å². The number of hydrogen-bond donors (Lipinski definition) is 3. The molecule has 0 radical (unpaired) electrons. The number of ether oxygens (including phenoxy) is 1. The maximum absolute atomic E-state index is 13.9. The van der Waals surface area contributed by atoms with Gasteiger partial charge in [-0.1, -0.05) is 12.1 Å². The van der Waals surface area contributed by atoms with Gasteiger partial charge in [0.05, 0.1) is 30.1 Å². The lowest BCUT2D eigenvalue weighted by atomic mass is 10.1. The predicted molar refractivity (Wildman–Crippen MR) is 113 cm³/mol. The molecule has 4 rings (SSSR count). The summed E-state index contributed by atoms with van der Waals surface area (Å²) in [5.41, 5.74) is 6.48. The highest BCUT2D eigenvalue weighted by molar-refractivity contribution is 6.00. The molecule has 2 heterocycles. The van der Waals surface area contributed by atoms with Gasteiger partial charge in [0.2, 0.25) is 0 Å². The monoisotopic (exact) mass is 460 g/mol. The molecule has 2 aromatic carbocycles. The molecule has 2 aromatic heterocycles. The van der Waals surface area contributed by atoms with E-state index < -0.39 is 29.3 Å². The molecule has 0 fully saturated rings. The molecular weight excluding hydrogens is 444 g/mol. The topological polar surface area (TPSA) is 107 Å². The molecule has 33 heavy (non-hydrogen) atoms. The normalized spacial score (nSPS) is 11.4. The molecule has 12 heteroatoms. The first-order valence-electron chi connectivity index (χ1n) is 9.38. The van der Waals surface area contributed by atoms with Crippen LogP contribution >= 0.6 is 0 Å². The molecule has 0 spiro atoms. The summed E-state index contributed by atoms with van der Waals surface area (Å²) in [5, 5.41) is 8.62. The second-order valence-electron chi connectivity index (χ2n) is 6.86. The fourth-order valence-electron chi connectivity index (χ4n) is 3.25. The van der Waals surface area contributed by atoms with Gasteiger partial charge in [0.15, 0.2) is 5.82 Å². The smallest absolute Gasteiger partial charge is 0.416 e. The lowest BCUT2D eigenvalue weighted by molar-refractivity contribution is -0.137. The van der Waals surface area contributed by atoms with Crippen LogP contribution in [0.5, 0.6) is 5.75 Å². The molecule has 2 amide bonds. The third-order valence-electron chi connectivity index (χ3n) is 4.76. The average Bonchev–Trinajstić information content (AvgIpc) is 3.15. The molecule has 0 saturated carbocycles. The number of alkyl halides is 3. The van der Waals surface area contributed by atoms with Gasteiger partial charge in [-0.2, -0.15) is 18.3 Å². The first-order valence-corrected chi connectivity index (χ1v) is 9.38. The van der Waals surface area contributed by atoms with Gasteiger partial charge in [-0.25, -0.2) is 18.7 Å². The first kappa shape index (κ1) is 21.9. The summed E-state index contributed by atoms with van der Waals surface area (Å²) in [6.07, 6.45) is -1.72. The van der Waals surface area contributed by atoms with E-state index in [1.807, 2.05) is 0 Å². The van der Waals surface area contributed by atoms with Crippen LogP contribution in [0.1, 0.15) is 5.56 Å². The second kappa shape index (κ2) is 8.30. The summed E-state index contributed by atoms with van der Waals surface area (Å²) in [6.45, 7) is 0. The lowest BCUT2D eigenvalue weighted by Crippen LogP contribution is -2.20. The highest BCUT2D eigenvalue weighted by Crippen LogP contribution is 2.37. The molecule has 0 aliphatic heterocycles. The Balaban J connectivity index is 1.55. The Hall–Kier alpha value is -4.35. The number of carbonyl (C=O) groups excluding carboxylic acids is 1. The number of nitrogens with one attached hydrogen (secondary N) is 2. The number of aromatic nitrogens is 3. The number of urea groups is 1. The number of nitrogens with zero attached hydrogens (tertiary/aromatic N) is 3. The minimum Gasteiger partial charge on any atom is -0.494 e. The Labute approximate surface area is 184 Å². The zero-order chi connectivity index (χ0) is 23.8. The van der Waals surface area contributed by atoms with Crippen LogP contribution in [0.3, 0.4) is 0 Å². The summed E-state index contributed by atoms with van der Waals surface area (Å²) < 4.78 is 59.3. The number of nitrogens with two attached hydrogens (primary N) is 1. The molecule has 0 saturated heterocycles. The van der Waals surface area contributed by atoms with E-state index in [4.69, 9.17) is 10.5 Å². The van der Waals surface area contributed by atoms with Gasteiger partial charge in [0, 0.05) is 5.69 Å². The fourth-order valence-corrected chi connectivity index (χ4v) is 3.25. The Bertz CT molecular complexity index is 1340. The molecule has 0 aliphatic carbocycles. The van der Waals surface area contributed by atoms with Gasteiger partial charge in [-0.05, 0) is 35.9 Å². The number of fused-ring (bicyclic) bond motifs is 1. The summed E-state index contributed by atoms with van der Waals surface area (Å²) in [7, 11) is 1.50. The van der Waals surface area contributed by atoms with Gasteiger partial charge >= 0.3 is 12.2 Å². The summed E-state index contributed by atoms with van der Waals surface area (Å²) in [5.74, 6) is -0.255. The van der Waals surface area contributed by atoms with Crippen LogP contribution < -0.4 is 21.1 Å². The summed E-state index contributed by atoms with van der Waals surface area (Å²) in [4.78, 5) is 16.2. The molecule has 8 nitrogen and oxygen atoms in total. The molecule has 0 unspecified atom stereocenters. The Morgan fingerprint density at radius 2 is 1.85 bits per heavy atom. The molecular formula is C21H16F4N6O2. The highest BCUT2D eigenvalue weighted by atomic mass is 19.4. The van der Waals surface area contributed by atoms with E-state index in [0.29, 0.717) is 46.3 Å². The SMILES string of the molecule is COc1cn2ncnc(N)c2c1-c1ccc(NC(=O)Nc2cc(C(F)(F)F)ccc2F)cc1. The second-order valence-corrected chi connectivity index (χ2v) is 6.86. The van der Waals surface area contributed by atoms with Crippen LogP contribution in [0.25, 0.3) is 16.6 Å². The summed E-state index contributed by atoms with van der Waals surface area (Å²) >= 11 is 0. The van der Waals surface area contributed by atoms with Gasteiger partial charge < -0.3 is 21.1 Å². The number of halogens is 4. The van der Waals surface area contributed by atoms with E-state index in [0.717, 1.165) is 0 Å². The number of amides is 2. The van der Waals surface area contributed by atoms with E-state index in [1.165, 1.54) is 18.0 Å². The van der Waals surface area contributed by atoms with Crippen LogP contribution in [0.15, 0.2) is 55.0 Å². The van der Waals surface area contributed by atoms with Crippen LogP contribution in [0.2, 0.25) is 0 Å². The minimum atomic E-state index is -4.67. The van der Waals surface area contributed by atoms with Crippen LogP contribution in [-0.4, -0.2) is 27.7 Å². The lowest BCUT2D eigenvalue weighted by Gasteiger charge is -2.12. The van der Waals surface area contributed by atoms with Crippen molar-refractivity contribution >= 4 is 28.7 Å². The van der Waals surface area contributed by atoms with Crippen molar-refractivity contribution in [2.24, 2.45) is 0 Å². The van der Waals surface area contributed by atoms with E-state index >= 15 is 0 Å². The molecule has 4 aromatic rings. The van der Waals surface area contributed by atoms with Gasteiger partial charge in [0.1, 0.15) is 23.4 Å². The van der Waals surface area contributed by atoms with Crippen LogP contribution in [0, 0.1) is 5.82 Å². The molecule has 0 bridgehead atoms. The maximum atomic E-state index is 13.9. The number of nitrogen functional groups attached to an aromatic ring is 1. The van der Waals surface area contributed by atoms with Gasteiger partial charge in [0.25, 0.3) is 0 Å². The standard InChI is InChI=1S/C21H16F4N6O2/c1-33-16-9-31-18(19(26)27-10-28-31)17(16)11-2-5-13(6-3-11)29-20(32)30-15-8-12(21(23,24)25)4-7-14(15)22/h2-10H,1H3,(H2,26,27,28)(H2,29,30,32). The largest absolute Gasteiger partial charge is 0.494 e. The molecule has 0 atom stereocenters. The third kappa shape index (κ3) is 4.35. The Morgan fingerprint density at radius 1 is 1.12 bits per heavy atom. The van der Waals surface area contributed by atoms with E-state index in [9.17, 15) is 22.4 Å². The minimum absolute atomic E-state index is 0.244. The number of carbonyl (C=O) groups is 1. The Kier molecular flexibility index (Phi) is 5.50. The fraction of sp³-hybridized carbons (Fsp3) is 0.0952.